The van der Waals surface area contributed by atoms with E-state index in [4.69, 9.17) is 20.8 Å². The van der Waals surface area contributed by atoms with Crippen molar-refractivity contribution < 1.29 is 23.8 Å². The van der Waals surface area contributed by atoms with Crippen molar-refractivity contribution in [1.29, 1.82) is 0 Å². The molecule has 1 fully saturated rings. The summed E-state index contributed by atoms with van der Waals surface area (Å²) in [5, 5.41) is 11.5. The standard InChI is InChI=1S/C25H23ClN2O5/c1-14-5-12-19(33-14)22-21(23(29)15-6-11-18(26)20(13-15)32-4)24(30)25(31)28(22)17-9-7-16(8-10-17)27(2)3/h5-13,22,29H,1-4H3/b23-21-. The van der Waals surface area contributed by atoms with Crippen LogP contribution in [0.1, 0.15) is 23.1 Å². The Kier molecular flexibility index (Phi) is 5.91. The van der Waals surface area contributed by atoms with Gasteiger partial charge in [0.2, 0.25) is 0 Å². The van der Waals surface area contributed by atoms with E-state index < -0.39 is 17.7 Å². The second-order valence-corrected chi connectivity index (χ2v) is 8.28. The van der Waals surface area contributed by atoms with Gasteiger partial charge in [-0.25, -0.2) is 0 Å². The van der Waals surface area contributed by atoms with Crippen molar-refractivity contribution in [2.24, 2.45) is 0 Å². The summed E-state index contributed by atoms with van der Waals surface area (Å²) in [7, 11) is 5.27. The molecule has 1 aliphatic rings. The molecule has 0 spiro atoms. The summed E-state index contributed by atoms with van der Waals surface area (Å²) in [5.74, 6) is -0.585. The van der Waals surface area contributed by atoms with E-state index in [0.717, 1.165) is 5.69 Å². The molecular formula is C25H23ClN2O5. The van der Waals surface area contributed by atoms with E-state index in [2.05, 4.69) is 0 Å². The fourth-order valence-corrected chi connectivity index (χ4v) is 4.04. The maximum absolute atomic E-state index is 13.2. The fraction of sp³-hybridized carbons (Fsp3) is 0.200. The Labute approximate surface area is 196 Å². The van der Waals surface area contributed by atoms with Crippen molar-refractivity contribution in [3.63, 3.8) is 0 Å². The largest absolute Gasteiger partial charge is 0.507 e. The van der Waals surface area contributed by atoms with E-state index in [1.54, 1.807) is 43.3 Å². The molecule has 1 N–H and O–H groups in total. The monoisotopic (exact) mass is 466 g/mol. The Bertz CT molecular complexity index is 1260. The summed E-state index contributed by atoms with van der Waals surface area (Å²) in [6, 6.07) is 14.3. The minimum Gasteiger partial charge on any atom is -0.507 e. The number of benzene rings is 2. The number of methoxy groups -OCH3 is 1. The molecule has 4 rings (SSSR count). The third kappa shape index (κ3) is 3.96. The van der Waals surface area contributed by atoms with E-state index >= 15 is 0 Å². The zero-order valence-electron chi connectivity index (χ0n) is 18.6. The van der Waals surface area contributed by atoms with Crippen LogP contribution < -0.4 is 14.5 Å². The van der Waals surface area contributed by atoms with E-state index in [-0.39, 0.29) is 11.3 Å². The highest BCUT2D eigenvalue weighted by atomic mass is 35.5. The van der Waals surface area contributed by atoms with Crippen LogP contribution >= 0.6 is 11.6 Å². The number of carbonyl (C=O) groups is 2. The quantitative estimate of drug-likeness (QED) is 0.325. The zero-order valence-corrected chi connectivity index (χ0v) is 19.4. The number of rotatable bonds is 5. The number of Topliss-reactive ketones (excluding diaryl/α,β-unsaturated/α-hetero) is 1. The smallest absolute Gasteiger partial charge is 0.300 e. The summed E-state index contributed by atoms with van der Waals surface area (Å²) >= 11 is 6.11. The molecule has 0 saturated carbocycles. The fourth-order valence-electron chi connectivity index (χ4n) is 3.84. The van der Waals surface area contributed by atoms with Gasteiger partial charge in [-0.3, -0.25) is 14.5 Å². The van der Waals surface area contributed by atoms with Gasteiger partial charge in [0.25, 0.3) is 11.7 Å². The molecule has 1 aromatic heterocycles. The summed E-state index contributed by atoms with van der Waals surface area (Å²) in [6.45, 7) is 1.77. The maximum atomic E-state index is 13.2. The summed E-state index contributed by atoms with van der Waals surface area (Å²) < 4.78 is 11.0. The van der Waals surface area contributed by atoms with Gasteiger partial charge in [-0.2, -0.15) is 0 Å². The Morgan fingerprint density at radius 2 is 1.79 bits per heavy atom. The van der Waals surface area contributed by atoms with E-state index in [9.17, 15) is 14.7 Å². The zero-order chi connectivity index (χ0) is 23.9. The van der Waals surface area contributed by atoms with Gasteiger partial charge in [-0.05, 0) is 61.5 Å². The Morgan fingerprint density at radius 1 is 1.09 bits per heavy atom. The van der Waals surface area contributed by atoms with Gasteiger partial charge in [0, 0.05) is 31.0 Å². The highest BCUT2D eigenvalue weighted by Crippen LogP contribution is 2.43. The number of ether oxygens (including phenoxy) is 1. The molecule has 1 unspecified atom stereocenters. The first kappa shape index (κ1) is 22.5. The molecule has 1 amide bonds. The third-order valence-electron chi connectivity index (χ3n) is 5.54. The van der Waals surface area contributed by atoms with Crippen molar-refractivity contribution in [1.82, 2.24) is 0 Å². The third-order valence-corrected chi connectivity index (χ3v) is 5.86. The maximum Gasteiger partial charge on any atom is 0.300 e. The number of hydrogen-bond acceptors (Lipinski definition) is 6. The lowest BCUT2D eigenvalue weighted by Gasteiger charge is -2.24. The molecule has 8 heteroatoms. The Hall–Kier alpha value is -3.71. The lowest BCUT2D eigenvalue weighted by Crippen LogP contribution is -2.29. The van der Waals surface area contributed by atoms with Crippen LogP contribution in [0.3, 0.4) is 0 Å². The van der Waals surface area contributed by atoms with Crippen molar-refractivity contribution in [2.45, 2.75) is 13.0 Å². The van der Waals surface area contributed by atoms with Gasteiger partial charge in [0.1, 0.15) is 29.1 Å². The number of hydrogen-bond donors (Lipinski definition) is 1. The Balaban J connectivity index is 1.90. The highest BCUT2D eigenvalue weighted by Gasteiger charge is 2.48. The van der Waals surface area contributed by atoms with Crippen molar-refractivity contribution in [3.8, 4) is 5.75 Å². The number of amides is 1. The SMILES string of the molecule is COc1cc(/C(O)=C2/C(=O)C(=O)N(c3ccc(N(C)C)cc3)C2c2ccc(C)o2)ccc1Cl. The molecule has 0 radical (unpaired) electrons. The molecule has 170 valence electrons. The lowest BCUT2D eigenvalue weighted by atomic mass is 9.99. The number of anilines is 2. The van der Waals surface area contributed by atoms with Crippen LogP contribution in [0.25, 0.3) is 5.76 Å². The molecular weight excluding hydrogens is 444 g/mol. The van der Waals surface area contributed by atoms with Gasteiger partial charge < -0.3 is 19.2 Å². The summed E-state index contributed by atoms with van der Waals surface area (Å²) in [6.07, 6.45) is 0. The predicted octanol–water partition coefficient (Wildman–Crippen LogP) is 4.94. The number of nitrogens with zero attached hydrogens (tertiary/aromatic N) is 2. The Morgan fingerprint density at radius 3 is 2.36 bits per heavy atom. The molecule has 33 heavy (non-hydrogen) atoms. The molecule has 2 aromatic carbocycles. The molecule has 0 bridgehead atoms. The molecule has 7 nitrogen and oxygen atoms in total. The van der Waals surface area contributed by atoms with Crippen LogP contribution in [0.5, 0.6) is 5.75 Å². The molecule has 2 heterocycles. The van der Waals surface area contributed by atoms with E-state index in [1.165, 1.54) is 18.1 Å². The molecule has 3 aromatic rings. The van der Waals surface area contributed by atoms with Crippen molar-refractivity contribution in [3.05, 3.63) is 82.3 Å². The van der Waals surface area contributed by atoms with Crippen LogP contribution in [0, 0.1) is 6.92 Å². The number of furan rings is 1. The van der Waals surface area contributed by atoms with Crippen LogP contribution in [-0.4, -0.2) is 38.0 Å². The normalized spacial score (nSPS) is 17.5. The first-order chi connectivity index (χ1) is 15.7. The molecule has 1 atom stereocenters. The van der Waals surface area contributed by atoms with Gasteiger partial charge >= 0.3 is 0 Å². The highest BCUT2D eigenvalue weighted by molar-refractivity contribution is 6.51. The first-order valence-electron chi connectivity index (χ1n) is 10.2. The number of aliphatic hydroxyl groups is 1. The van der Waals surface area contributed by atoms with Crippen LogP contribution in [0.4, 0.5) is 11.4 Å². The lowest BCUT2D eigenvalue weighted by molar-refractivity contribution is -0.132. The topological polar surface area (TPSA) is 83.2 Å². The van der Waals surface area contributed by atoms with Crippen molar-refractivity contribution >= 4 is 40.4 Å². The minimum absolute atomic E-state index is 0.0737. The molecule has 1 aliphatic heterocycles. The number of halogens is 1. The van der Waals surface area contributed by atoms with Gasteiger partial charge in [0.15, 0.2) is 0 Å². The number of aliphatic hydroxyl groups excluding tert-OH is 1. The summed E-state index contributed by atoms with van der Waals surface area (Å²) in [4.78, 5) is 29.6. The molecule has 1 saturated heterocycles. The first-order valence-corrected chi connectivity index (χ1v) is 10.6. The average Bonchev–Trinajstić information content (AvgIpc) is 3.34. The van der Waals surface area contributed by atoms with Crippen LogP contribution in [0.15, 0.2) is 64.6 Å². The number of carbonyl (C=O) groups excluding carboxylic acids is 2. The summed E-state index contributed by atoms with van der Waals surface area (Å²) in [5.41, 5.74) is 1.67. The minimum atomic E-state index is -0.939. The number of aryl methyl sites for hydroxylation is 1. The van der Waals surface area contributed by atoms with Crippen LogP contribution in [-0.2, 0) is 9.59 Å². The van der Waals surface area contributed by atoms with Gasteiger partial charge in [-0.15, -0.1) is 0 Å². The predicted molar refractivity (Wildman–Crippen MR) is 127 cm³/mol. The average molecular weight is 467 g/mol. The second kappa shape index (κ2) is 8.67. The van der Waals surface area contributed by atoms with Gasteiger partial charge in [-0.1, -0.05) is 11.6 Å². The molecule has 0 aliphatic carbocycles. The van der Waals surface area contributed by atoms with E-state index in [0.29, 0.717) is 33.5 Å². The van der Waals surface area contributed by atoms with Crippen molar-refractivity contribution in [2.75, 3.05) is 31.0 Å². The second-order valence-electron chi connectivity index (χ2n) is 7.88. The number of ketones is 1. The van der Waals surface area contributed by atoms with E-state index in [1.807, 2.05) is 31.1 Å². The van der Waals surface area contributed by atoms with Gasteiger partial charge in [0.05, 0.1) is 17.7 Å². The van der Waals surface area contributed by atoms with Crippen LogP contribution in [0.2, 0.25) is 5.02 Å².